The molecule has 0 radical (unpaired) electrons. The van der Waals surface area contributed by atoms with Crippen LogP contribution in [-0.4, -0.2) is 30.3 Å². The van der Waals surface area contributed by atoms with Crippen molar-refractivity contribution in [3.05, 3.63) is 42.1 Å². The van der Waals surface area contributed by atoms with E-state index < -0.39 is 0 Å². The average Bonchev–Trinajstić information content (AvgIpc) is 2.41. The Balaban J connectivity index is 1.88. The van der Waals surface area contributed by atoms with Gasteiger partial charge in [0.1, 0.15) is 19.5 Å². The van der Waals surface area contributed by atoms with Crippen molar-refractivity contribution in [2.45, 2.75) is 0 Å². The monoisotopic (exact) mass is 233 g/mol. The summed E-state index contributed by atoms with van der Waals surface area (Å²) >= 11 is 0. The van der Waals surface area contributed by atoms with E-state index in [1.807, 2.05) is 0 Å². The van der Waals surface area contributed by atoms with Crippen LogP contribution in [-0.2, 0) is 9.47 Å². The number of ether oxygens (including phenoxy) is 2. The van der Waals surface area contributed by atoms with Crippen LogP contribution < -0.4 is 5.43 Å². The predicted molar refractivity (Wildman–Crippen MR) is 60.2 cm³/mol. The first-order valence-electron chi connectivity index (χ1n) is 5.04. The summed E-state index contributed by atoms with van der Waals surface area (Å²) in [6, 6.07) is 3.33. The van der Waals surface area contributed by atoms with Crippen molar-refractivity contribution in [3.63, 3.8) is 0 Å². The summed E-state index contributed by atoms with van der Waals surface area (Å²) < 4.78 is 10.2. The van der Waals surface area contributed by atoms with Gasteiger partial charge in [0.05, 0.1) is 11.8 Å². The maximum absolute atomic E-state index is 11.5. The van der Waals surface area contributed by atoms with Crippen LogP contribution in [0.1, 0.15) is 10.4 Å². The van der Waals surface area contributed by atoms with Crippen LogP contribution in [0, 0.1) is 0 Å². The molecule has 0 saturated heterocycles. The van der Waals surface area contributed by atoms with Gasteiger partial charge in [-0.1, -0.05) is 0 Å². The van der Waals surface area contributed by atoms with Gasteiger partial charge < -0.3 is 9.47 Å². The predicted octanol–water partition coefficient (Wildman–Crippen LogP) is 0.685. The number of allylic oxidation sites excluding steroid dienone is 1. The second-order valence-electron chi connectivity index (χ2n) is 3.18. The molecule has 6 nitrogen and oxygen atoms in total. The molecule has 17 heavy (non-hydrogen) atoms. The molecular weight excluding hydrogens is 222 g/mol. The van der Waals surface area contributed by atoms with Gasteiger partial charge in [-0.15, -0.1) is 0 Å². The maximum Gasteiger partial charge on any atom is 0.272 e. The zero-order valence-corrected chi connectivity index (χ0v) is 9.00. The summed E-state index contributed by atoms with van der Waals surface area (Å²) in [5.41, 5.74) is 2.80. The Hall–Kier alpha value is -2.37. The SMILES string of the molecule is O=C(NN=CC1=COCCO1)c1cccnc1. The molecule has 0 spiro atoms. The number of hydrogen-bond donors (Lipinski definition) is 1. The quantitative estimate of drug-likeness (QED) is 0.615. The fourth-order valence-electron chi connectivity index (χ4n) is 1.17. The molecule has 2 heterocycles. The Morgan fingerprint density at radius 2 is 2.47 bits per heavy atom. The Morgan fingerprint density at radius 1 is 1.53 bits per heavy atom. The number of rotatable bonds is 3. The summed E-state index contributed by atoms with van der Waals surface area (Å²) in [5.74, 6) is 0.148. The lowest BCUT2D eigenvalue weighted by molar-refractivity contribution is 0.0945. The highest BCUT2D eigenvalue weighted by molar-refractivity contribution is 5.94. The molecule has 1 N–H and O–H groups in total. The minimum absolute atomic E-state index is 0.327. The molecule has 1 amide bonds. The molecule has 6 heteroatoms. The average molecular weight is 233 g/mol. The molecule has 1 aliphatic heterocycles. The second kappa shape index (κ2) is 5.64. The lowest BCUT2D eigenvalue weighted by Gasteiger charge is -2.11. The molecule has 0 fully saturated rings. The third-order valence-electron chi connectivity index (χ3n) is 1.95. The Kier molecular flexibility index (Phi) is 3.69. The van der Waals surface area contributed by atoms with Gasteiger partial charge in [-0.2, -0.15) is 5.10 Å². The number of carbonyl (C=O) groups excluding carboxylic acids is 1. The van der Waals surface area contributed by atoms with Crippen molar-refractivity contribution in [1.82, 2.24) is 10.4 Å². The molecule has 0 bridgehead atoms. The van der Waals surface area contributed by atoms with E-state index in [1.165, 1.54) is 18.7 Å². The van der Waals surface area contributed by atoms with E-state index in [-0.39, 0.29) is 5.91 Å². The molecule has 0 atom stereocenters. The number of pyridine rings is 1. The standard InChI is InChI=1S/C11H11N3O3/c15-11(9-2-1-3-12-6-9)14-13-7-10-8-16-4-5-17-10/h1-3,6-8H,4-5H2,(H,14,15). The van der Waals surface area contributed by atoms with Gasteiger partial charge in [0.2, 0.25) is 0 Å². The van der Waals surface area contributed by atoms with Gasteiger partial charge in [0.25, 0.3) is 5.91 Å². The molecule has 88 valence electrons. The molecule has 0 aromatic carbocycles. The third kappa shape index (κ3) is 3.30. The van der Waals surface area contributed by atoms with Crippen molar-refractivity contribution in [3.8, 4) is 0 Å². The molecule has 0 aliphatic carbocycles. The molecule has 1 aliphatic rings. The van der Waals surface area contributed by atoms with E-state index in [4.69, 9.17) is 9.47 Å². The summed E-state index contributed by atoms with van der Waals surface area (Å²) in [5, 5.41) is 3.75. The van der Waals surface area contributed by atoms with E-state index in [2.05, 4.69) is 15.5 Å². The van der Waals surface area contributed by atoms with Crippen LogP contribution in [0.25, 0.3) is 0 Å². The van der Waals surface area contributed by atoms with Crippen LogP contribution in [0.5, 0.6) is 0 Å². The maximum atomic E-state index is 11.5. The number of nitrogens with zero attached hydrogens (tertiary/aromatic N) is 2. The molecule has 1 aromatic heterocycles. The summed E-state index contributed by atoms with van der Waals surface area (Å²) in [6.45, 7) is 1.01. The Labute approximate surface area is 97.9 Å². The molecular formula is C11H11N3O3. The first-order chi connectivity index (χ1) is 8.36. The van der Waals surface area contributed by atoms with Gasteiger partial charge in [-0.25, -0.2) is 5.43 Å². The fraction of sp³-hybridized carbons (Fsp3) is 0.182. The van der Waals surface area contributed by atoms with Crippen LogP contribution in [0.15, 0.2) is 41.6 Å². The van der Waals surface area contributed by atoms with Crippen LogP contribution in [0.2, 0.25) is 0 Å². The second-order valence-corrected chi connectivity index (χ2v) is 3.18. The van der Waals surface area contributed by atoms with Crippen molar-refractivity contribution in [2.75, 3.05) is 13.2 Å². The first kappa shape index (κ1) is 11.1. The van der Waals surface area contributed by atoms with Crippen LogP contribution >= 0.6 is 0 Å². The zero-order chi connectivity index (χ0) is 11.9. The number of hydrazone groups is 1. The highest BCUT2D eigenvalue weighted by atomic mass is 16.6. The number of aromatic nitrogens is 1. The fourth-order valence-corrected chi connectivity index (χ4v) is 1.17. The van der Waals surface area contributed by atoms with Crippen LogP contribution in [0.3, 0.4) is 0 Å². The normalized spacial score (nSPS) is 14.7. The molecule has 0 saturated carbocycles. The topological polar surface area (TPSA) is 72.8 Å². The number of nitrogens with one attached hydrogen (secondary N) is 1. The largest absolute Gasteiger partial charge is 0.494 e. The van der Waals surface area contributed by atoms with E-state index >= 15 is 0 Å². The van der Waals surface area contributed by atoms with Crippen molar-refractivity contribution >= 4 is 12.1 Å². The first-order valence-corrected chi connectivity index (χ1v) is 5.04. The smallest absolute Gasteiger partial charge is 0.272 e. The summed E-state index contributed by atoms with van der Waals surface area (Å²) in [7, 11) is 0. The van der Waals surface area contributed by atoms with E-state index in [0.29, 0.717) is 24.5 Å². The number of amides is 1. The number of hydrogen-bond acceptors (Lipinski definition) is 5. The van der Waals surface area contributed by atoms with Crippen molar-refractivity contribution < 1.29 is 14.3 Å². The third-order valence-corrected chi connectivity index (χ3v) is 1.95. The van der Waals surface area contributed by atoms with Gasteiger partial charge in [-0.05, 0) is 12.1 Å². The van der Waals surface area contributed by atoms with Gasteiger partial charge in [0, 0.05) is 12.4 Å². The van der Waals surface area contributed by atoms with Crippen molar-refractivity contribution in [2.24, 2.45) is 5.10 Å². The lowest BCUT2D eigenvalue weighted by Crippen LogP contribution is -2.18. The molecule has 0 unspecified atom stereocenters. The highest BCUT2D eigenvalue weighted by Gasteiger charge is 2.04. The minimum Gasteiger partial charge on any atom is -0.494 e. The van der Waals surface area contributed by atoms with E-state index in [0.717, 1.165) is 0 Å². The van der Waals surface area contributed by atoms with E-state index in [9.17, 15) is 4.79 Å². The van der Waals surface area contributed by atoms with Gasteiger partial charge >= 0.3 is 0 Å². The summed E-state index contributed by atoms with van der Waals surface area (Å²) in [4.78, 5) is 15.4. The van der Waals surface area contributed by atoms with Crippen molar-refractivity contribution in [1.29, 1.82) is 0 Å². The Morgan fingerprint density at radius 3 is 3.18 bits per heavy atom. The van der Waals surface area contributed by atoms with E-state index in [1.54, 1.807) is 18.3 Å². The summed E-state index contributed by atoms with van der Waals surface area (Å²) in [6.07, 6.45) is 5.89. The molecule has 2 rings (SSSR count). The number of carbonyl (C=O) groups is 1. The van der Waals surface area contributed by atoms with Crippen LogP contribution in [0.4, 0.5) is 0 Å². The molecule has 1 aromatic rings. The Bertz CT molecular complexity index is 443. The van der Waals surface area contributed by atoms with Gasteiger partial charge in [0.15, 0.2) is 5.76 Å². The minimum atomic E-state index is -0.327. The highest BCUT2D eigenvalue weighted by Crippen LogP contribution is 2.00. The van der Waals surface area contributed by atoms with Gasteiger partial charge in [-0.3, -0.25) is 9.78 Å². The lowest BCUT2D eigenvalue weighted by atomic mass is 10.3. The zero-order valence-electron chi connectivity index (χ0n) is 9.00.